The molecule has 0 bridgehead atoms. The summed E-state index contributed by atoms with van der Waals surface area (Å²) in [7, 11) is 0. The fourth-order valence-electron chi connectivity index (χ4n) is 2.95. The normalized spacial score (nSPS) is 8.42. The summed E-state index contributed by atoms with van der Waals surface area (Å²) in [6.07, 6.45) is 0. The molecule has 5 aromatic carbocycles. The van der Waals surface area contributed by atoms with Crippen molar-refractivity contribution in [3.63, 3.8) is 0 Å². The van der Waals surface area contributed by atoms with Gasteiger partial charge in [0.05, 0.1) is 0 Å². The molecule has 5 aromatic rings. The van der Waals surface area contributed by atoms with Crippen LogP contribution in [-0.2, 0) is 21.6 Å². The van der Waals surface area contributed by atoms with Crippen LogP contribution < -0.4 is 0 Å². The van der Waals surface area contributed by atoms with E-state index in [9.17, 15) is 0 Å². The minimum absolute atomic E-state index is 0. The predicted octanol–water partition coefficient (Wildman–Crippen LogP) is 8.13. The Morgan fingerprint density at radius 2 is 1.03 bits per heavy atom. The second-order valence-electron chi connectivity index (χ2n) is 6.40. The van der Waals surface area contributed by atoms with Crippen LogP contribution in [0.5, 0.6) is 0 Å². The molecule has 4 heteroatoms. The maximum absolute atomic E-state index is 2.89. The Kier molecular flexibility index (Phi) is 19.1. The first-order chi connectivity index (χ1) is 13.7. The Labute approximate surface area is 220 Å². The Morgan fingerprint density at radius 1 is 0.645 bits per heavy atom. The smallest absolute Gasteiger partial charge is 0.171 e. The van der Waals surface area contributed by atoms with Crippen LogP contribution in [-0.4, -0.2) is 12.1 Å². The predicted molar refractivity (Wildman–Crippen MR) is 140 cm³/mol. The Hall–Kier alpha value is -1.11. The molecule has 0 nitrogen and oxygen atoms in total. The van der Waals surface area contributed by atoms with Crippen molar-refractivity contribution in [2.75, 3.05) is 0 Å². The van der Waals surface area contributed by atoms with Gasteiger partial charge in [0.1, 0.15) is 0 Å². The van der Waals surface area contributed by atoms with E-state index < -0.39 is 0 Å². The van der Waals surface area contributed by atoms with Crippen LogP contribution in [0, 0.1) is 27.3 Å². The number of halogens is 2. The standard InChI is InChI=1S/2C10H9.C6H5.CH3.2ClH.Ge.Zr/c2*1-8-6-9-4-2-3-5-10(9)7-8;1-2-4-6-5-3-1;;;;;/h2*2-7H,1H3;1-5H;1H3;2*1H;;/q4*-1;;;;. The van der Waals surface area contributed by atoms with Crippen molar-refractivity contribution >= 4 is 58.5 Å². The molecule has 0 aliphatic rings. The van der Waals surface area contributed by atoms with Gasteiger partial charge in [-0.15, -0.1) is 106 Å². The molecule has 0 N–H and O–H groups in total. The SMILES string of the molecule is Cc1cc2ccccc2[cH-]1.Cc1cc2ccccc2[cH-]1.Cl.Cl.[CH3-].[Ge]=[Zr].[c-]1ccccc1. The molecule has 0 spiro atoms. The zero-order chi connectivity index (χ0) is 20.2. The molecule has 5 rings (SSSR count). The van der Waals surface area contributed by atoms with Crippen LogP contribution in [0.25, 0.3) is 21.5 Å². The van der Waals surface area contributed by atoms with E-state index in [0.29, 0.717) is 0 Å². The molecule has 0 saturated heterocycles. The molecule has 0 amide bonds. The van der Waals surface area contributed by atoms with Crippen molar-refractivity contribution in [3.8, 4) is 0 Å². The molecule has 0 fully saturated rings. The molecule has 0 aliphatic heterocycles. The molecular weight excluding hydrogens is 559 g/mol. The second kappa shape index (κ2) is 18.5. The number of rotatable bonds is 0. The molecule has 31 heavy (non-hydrogen) atoms. The van der Waals surface area contributed by atoms with E-state index in [1.165, 1.54) is 32.7 Å². The first-order valence-corrected chi connectivity index (χ1v) is 16.6. The molecule has 0 atom stereocenters. The third-order valence-electron chi connectivity index (χ3n) is 4.13. The van der Waals surface area contributed by atoms with Crippen molar-refractivity contribution < 1.29 is 21.6 Å². The number of benzene rings is 3. The molecule has 0 saturated carbocycles. The summed E-state index contributed by atoms with van der Waals surface area (Å²) < 4.78 is 0. The zero-order valence-electron chi connectivity index (χ0n) is 18.1. The van der Waals surface area contributed by atoms with Gasteiger partial charge in [0, 0.05) is 0 Å². The number of fused-ring (bicyclic) bond motifs is 2. The van der Waals surface area contributed by atoms with Gasteiger partial charge < -0.3 is 7.43 Å². The summed E-state index contributed by atoms with van der Waals surface area (Å²) in [6.45, 7) is 4.25. The number of hydrogen-bond donors (Lipinski definition) is 0. The third kappa shape index (κ3) is 11.4. The quantitative estimate of drug-likeness (QED) is 0.127. The monoisotopic (exact) mass is 586 g/mol. The Bertz CT molecular complexity index is 919. The van der Waals surface area contributed by atoms with E-state index in [0.717, 1.165) is 0 Å². The van der Waals surface area contributed by atoms with Crippen molar-refractivity contribution in [2.24, 2.45) is 0 Å². The van der Waals surface area contributed by atoms with E-state index in [-0.39, 0.29) is 32.2 Å². The summed E-state index contributed by atoms with van der Waals surface area (Å²) in [5.41, 5.74) is 2.70. The van der Waals surface area contributed by atoms with Gasteiger partial charge in [-0.05, 0) is 0 Å². The van der Waals surface area contributed by atoms with Crippen LogP contribution >= 0.6 is 24.8 Å². The molecule has 0 unspecified atom stereocenters. The first kappa shape index (κ1) is 32.1. The molecular formula is C27H28Cl2GeZr-4. The number of aryl methyl sites for hydroxylation is 2. The van der Waals surface area contributed by atoms with Gasteiger partial charge in [-0.2, -0.15) is 48.5 Å². The van der Waals surface area contributed by atoms with Gasteiger partial charge in [-0.1, -0.05) is 26.0 Å². The average molecular weight is 587 g/mol. The second-order valence-corrected chi connectivity index (χ2v) is 6.40. The van der Waals surface area contributed by atoms with E-state index in [4.69, 9.17) is 0 Å². The average Bonchev–Trinajstić information content (AvgIpc) is 3.32. The van der Waals surface area contributed by atoms with Crippen LogP contribution in [0.4, 0.5) is 0 Å². The van der Waals surface area contributed by atoms with E-state index in [2.05, 4.69) is 105 Å². The van der Waals surface area contributed by atoms with Gasteiger partial charge in [0.15, 0.2) is 0 Å². The van der Waals surface area contributed by atoms with Gasteiger partial charge in [-0.3, -0.25) is 0 Å². The van der Waals surface area contributed by atoms with Crippen molar-refractivity contribution in [1.82, 2.24) is 0 Å². The molecule has 0 heterocycles. The number of hydrogen-bond acceptors (Lipinski definition) is 0. The Morgan fingerprint density at radius 3 is 1.32 bits per heavy atom. The van der Waals surface area contributed by atoms with Crippen LogP contribution in [0.2, 0.25) is 0 Å². The largest absolute Gasteiger partial charge is 0.184 e. The van der Waals surface area contributed by atoms with Crippen LogP contribution in [0.1, 0.15) is 11.1 Å². The fourth-order valence-corrected chi connectivity index (χ4v) is 2.95. The first-order valence-electron chi connectivity index (χ1n) is 9.12. The van der Waals surface area contributed by atoms with Gasteiger partial charge in [0.25, 0.3) is 0 Å². The van der Waals surface area contributed by atoms with Crippen LogP contribution in [0.3, 0.4) is 0 Å². The summed E-state index contributed by atoms with van der Waals surface area (Å²) in [5, 5.41) is 5.39. The summed E-state index contributed by atoms with van der Waals surface area (Å²) in [4.78, 5) is 0. The van der Waals surface area contributed by atoms with Crippen molar-refractivity contribution in [1.29, 1.82) is 0 Å². The van der Waals surface area contributed by atoms with E-state index >= 15 is 0 Å². The van der Waals surface area contributed by atoms with E-state index in [1.807, 2.05) is 30.3 Å². The van der Waals surface area contributed by atoms with Gasteiger partial charge in [-0.25, -0.2) is 0 Å². The third-order valence-corrected chi connectivity index (χ3v) is 4.13. The topological polar surface area (TPSA) is 0 Å². The minimum atomic E-state index is 0. The molecule has 0 aliphatic carbocycles. The van der Waals surface area contributed by atoms with Crippen molar-refractivity contribution in [3.05, 3.63) is 128 Å². The fraction of sp³-hybridized carbons (Fsp3) is 0.0741. The maximum atomic E-state index is 2.89. The zero-order valence-corrected chi connectivity index (χ0v) is 24.3. The van der Waals surface area contributed by atoms with Gasteiger partial charge in [0.2, 0.25) is 0 Å². The van der Waals surface area contributed by atoms with Crippen LogP contribution in [0.15, 0.2) is 103 Å². The maximum Gasteiger partial charge on any atom is -0.171 e. The van der Waals surface area contributed by atoms with Gasteiger partial charge >= 0.3 is 33.7 Å². The molecule has 0 aromatic heterocycles. The minimum Gasteiger partial charge on any atom is -0.184 e. The Balaban J connectivity index is 0. The van der Waals surface area contributed by atoms with E-state index in [1.54, 1.807) is 21.6 Å². The molecule has 2 radical (unpaired) electrons. The summed E-state index contributed by atoms with van der Waals surface area (Å²) in [6, 6.07) is 38.2. The summed E-state index contributed by atoms with van der Waals surface area (Å²) >= 11 is 3.64. The molecule has 162 valence electrons. The van der Waals surface area contributed by atoms with Crippen molar-refractivity contribution in [2.45, 2.75) is 13.8 Å². The summed E-state index contributed by atoms with van der Waals surface area (Å²) in [5.74, 6) is 0.